The fourth-order valence-electron chi connectivity index (χ4n) is 3.48. The zero-order valence-electron chi connectivity index (χ0n) is 15.0. The van der Waals surface area contributed by atoms with Gasteiger partial charge in [0.15, 0.2) is 0 Å². The Hall–Kier alpha value is -2.30. The molecule has 5 nitrogen and oxygen atoms in total. The second-order valence-electron chi connectivity index (χ2n) is 6.96. The summed E-state index contributed by atoms with van der Waals surface area (Å²) in [7, 11) is 1.76. The summed E-state index contributed by atoms with van der Waals surface area (Å²) < 4.78 is 7.44. The van der Waals surface area contributed by atoms with Gasteiger partial charge in [0.25, 0.3) is 5.56 Å². The third kappa shape index (κ3) is 4.03. The predicted molar refractivity (Wildman–Crippen MR) is 98.9 cm³/mol. The lowest BCUT2D eigenvalue weighted by molar-refractivity contribution is -0.133. The van der Waals surface area contributed by atoms with Gasteiger partial charge >= 0.3 is 0 Å². The highest BCUT2D eigenvalue weighted by Gasteiger charge is 2.20. The lowest BCUT2D eigenvalue weighted by Crippen LogP contribution is -2.39. The van der Waals surface area contributed by atoms with Crippen molar-refractivity contribution in [2.75, 3.05) is 19.7 Å². The number of aryl methyl sites for hydroxylation is 1. The first-order valence-electron chi connectivity index (χ1n) is 9.05. The SMILES string of the molecule is C[C@H]1CCCN(C(=O)CCCOc2cc(=O)n(C)c3ccccc23)C1. The average Bonchev–Trinajstić information content (AvgIpc) is 2.62. The highest BCUT2D eigenvalue weighted by Crippen LogP contribution is 2.23. The van der Waals surface area contributed by atoms with Crippen LogP contribution in [-0.4, -0.2) is 35.1 Å². The van der Waals surface area contributed by atoms with E-state index in [4.69, 9.17) is 4.74 Å². The number of carbonyl (C=O) groups is 1. The van der Waals surface area contributed by atoms with E-state index in [0.29, 0.717) is 31.1 Å². The fourth-order valence-corrected chi connectivity index (χ4v) is 3.48. The van der Waals surface area contributed by atoms with E-state index in [2.05, 4.69) is 6.92 Å². The lowest BCUT2D eigenvalue weighted by atomic mass is 10.00. The molecule has 0 spiro atoms. The Kier molecular flexibility index (Phi) is 5.41. The zero-order chi connectivity index (χ0) is 17.8. The number of nitrogens with zero attached hydrogens (tertiary/aromatic N) is 2. The largest absolute Gasteiger partial charge is 0.493 e. The molecule has 1 atom stereocenters. The summed E-state index contributed by atoms with van der Waals surface area (Å²) in [5.74, 6) is 1.41. The Morgan fingerprint density at radius 1 is 1.32 bits per heavy atom. The molecule has 1 aromatic heterocycles. The van der Waals surface area contributed by atoms with E-state index in [0.717, 1.165) is 30.4 Å². The minimum Gasteiger partial charge on any atom is -0.493 e. The van der Waals surface area contributed by atoms with Crippen LogP contribution in [0.25, 0.3) is 10.9 Å². The van der Waals surface area contributed by atoms with Crippen molar-refractivity contribution in [2.24, 2.45) is 13.0 Å². The minimum absolute atomic E-state index is 0.0907. The molecule has 0 bridgehead atoms. The smallest absolute Gasteiger partial charge is 0.254 e. The van der Waals surface area contributed by atoms with Crippen LogP contribution in [-0.2, 0) is 11.8 Å². The highest BCUT2D eigenvalue weighted by atomic mass is 16.5. The molecule has 25 heavy (non-hydrogen) atoms. The summed E-state index contributed by atoms with van der Waals surface area (Å²) in [6.07, 6.45) is 3.47. The molecule has 5 heteroatoms. The maximum atomic E-state index is 12.3. The number of rotatable bonds is 5. The molecule has 1 aromatic carbocycles. The molecule has 0 N–H and O–H groups in total. The first-order valence-corrected chi connectivity index (χ1v) is 9.05. The van der Waals surface area contributed by atoms with Crippen LogP contribution in [0.3, 0.4) is 0 Å². The van der Waals surface area contributed by atoms with E-state index in [1.165, 1.54) is 12.5 Å². The van der Waals surface area contributed by atoms with Crippen molar-refractivity contribution in [1.82, 2.24) is 9.47 Å². The standard InChI is InChI=1S/C20H26N2O3/c1-15-7-5-11-22(14-15)19(23)10-6-12-25-18-13-20(24)21(2)17-9-4-3-8-16(17)18/h3-4,8-9,13,15H,5-7,10-12,14H2,1-2H3/t15-/m0/s1. The van der Waals surface area contributed by atoms with Gasteiger partial charge in [0, 0.05) is 38.0 Å². The Morgan fingerprint density at radius 3 is 2.92 bits per heavy atom. The number of benzene rings is 1. The van der Waals surface area contributed by atoms with E-state index in [-0.39, 0.29) is 11.5 Å². The van der Waals surface area contributed by atoms with Gasteiger partial charge in [-0.25, -0.2) is 0 Å². The zero-order valence-corrected chi connectivity index (χ0v) is 15.0. The van der Waals surface area contributed by atoms with Gasteiger partial charge in [0.1, 0.15) is 5.75 Å². The second kappa shape index (κ2) is 7.72. The Morgan fingerprint density at radius 2 is 2.12 bits per heavy atom. The molecule has 0 unspecified atom stereocenters. The molecule has 134 valence electrons. The van der Waals surface area contributed by atoms with Crippen molar-refractivity contribution in [1.29, 1.82) is 0 Å². The van der Waals surface area contributed by atoms with Gasteiger partial charge in [0.05, 0.1) is 12.1 Å². The minimum atomic E-state index is -0.0907. The molecule has 1 aliphatic rings. The molecule has 1 amide bonds. The van der Waals surface area contributed by atoms with E-state index < -0.39 is 0 Å². The Labute approximate surface area is 148 Å². The van der Waals surface area contributed by atoms with Gasteiger partial charge in [-0.15, -0.1) is 0 Å². The molecule has 1 fully saturated rings. The predicted octanol–water partition coefficient (Wildman–Crippen LogP) is 2.96. The summed E-state index contributed by atoms with van der Waals surface area (Å²) in [5.41, 5.74) is 0.760. The van der Waals surface area contributed by atoms with Gasteiger partial charge in [-0.3, -0.25) is 9.59 Å². The van der Waals surface area contributed by atoms with Crippen molar-refractivity contribution in [2.45, 2.75) is 32.6 Å². The molecular weight excluding hydrogens is 316 g/mol. The van der Waals surface area contributed by atoms with Crippen LogP contribution < -0.4 is 10.3 Å². The number of pyridine rings is 1. The fraction of sp³-hybridized carbons (Fsp3) is 0.500. The van der Waals surface area contributed by atoms with E-state index >= 15 is 0 Å². The van der Waals surface area contributed by atoms with Gasteiger partial charge in [-0.2, -0.15) is 0 Å². The van der Waals surface area contributed by atoms with Crippen molar-refractivity contribution in [3.8, 4) is 5.75 Å². The normalized spacial score (nSPS) is 17.7. The summed E-state index contributed by atoms with van der Waals surface area (Å²) in [6, 6.07) is 9.22. The number of likely N-dealkylation sites (tertiary alicyclic amines) is 1. The third-order valence-corrected chi connectivity index (χ3v) is 4.92. The van der Waals surface area contributed by atoms with Gasteiger partial charge in [-0.05, 0) is 37.3 Å². The Balaban J connectivity index is 1.58. The number of para-hydroxylation sites is 1. The van der Waals surface area contributed by atoms with E-state index in [1.807, 2.05) is 29.2 Å². The molecule has 2 aromatic rings. The van der Waals surface area contributed by atoms with Crippen LogP contribution in [0.15, 0.2) is 35.1 Å². The van der Waals surface area contributed by atoms with Gasteiger partial charge < -0.3 is 14.2 Å². The molecule has 1 aliphatic heterocycles. The number of fused-ring (bicyclic) bond motifs is 1. The summed E-state index contributed by atoms with van der Waals surface area (Å²) in [6.45, 7) is 4.39. The van der Waals surface area contributed by atoms with Gasteiger partial charge in [0.2, 0.25) is 5.91 Å². The number of amides is 1. The molecule has 3 rings (SSSR count). The van der Waals surface area contributed by atoms with Crippen LogP contribution in [0.2, 0.25) is 0 Å². The van der Waals surface area contributed by atoms with Crippen LogP contribution in [0.5, 0.6) is 5.75 Å². The van der Waals surface area contributed by atoms with E-state index in [1.54, 1.807) is 11.6 Å². The third-order valence-electron chi connectivity index (χ3n) is 4.92. The monoisotopic (exact) mass is 342 g/mol. The van der Waals surface area contributed by atoms with Crippen LogP contribution in [0, 0.1) is 5.92 Å². The van der Waals surface area contributed by atoms with E-state index in [9.17, 15) is 9.59 Å². The van der Waals surface area contributed by atoms with Crippen LogP contribution in [0.1, 0.15) is 32.6 Å². The number of ether oxygens (including phenoxy) is 1. The maximum absolute atomic E-state index is 12.3. The average molecular weight is 342 g/mol. The molecule has 0 radical (unpaired) electrons. The summed E-state index contributed by atoms with van der Waals surface area (Å²) >= 11 is 0. The summed E-state index contributed by atoms with van der Waals surface area (Å²) in [5, 5.41) is 0.917. The van der Waals surface area contributed by atoms with Crippen molar-refractivity contribution >= 4 is 16.8 Å². The topological polar surface area (TPSA) is 51.5 Å². The van der Waals surface area contributed by atoms with Crippen molar-refractivity contribution in [3.63, 3.8) is 0 Å². The molecular formula is C20H26N2O3. The number of piperidine rings is 1. The molecule has 0 saturated carbocycles. The maximum Gasteiger partial charge on any atom is 0.254 e. The Bertz CT molecular complexity index is 812. The number of aromatic nitrogens is 1. The van der Waals surface area contributed by atoms with Crippen molar-refractivity contribution in [3.05, 3.63) is 40.7 Å². The number of hydrogen-bond acceptors (Lipinski definition) is 3. The first kappa shape index (κ1) is 17.5. The molecule has 2 heterocycles. The van der Waals surface area contributed by atoms with Gasteiger partial charge in [-0.1, -0.05) is 19.1 Å². The van der Waals surface area contributed by atoms with Crippen LogP contribution >= 0.6 is 0 Å². The second-order valence-corrected chi connectivity index (χ2v) is 6.96. The first-order chi connectivity index (χ1) is 12.1. The summed E-state index contributed by atoms with van der Waals surface area (Å²) in [4.78, 5) is 26.3. The van der Waals surface area contributed by atoms with Crippen molar-refractivity contribution < 1.29 is 9.53 Å². The highest BCUT2D eigenvalue weighted by molar-refractivity contribution is 5.85. The quantitative estimate of drug-likeness (QED) is 0.785. The molecule has 0 aliphatic carbocycles. The molecule has 1 saturated heterocycles. The lowest BCUT2D eigenvalue weighted by Gasteiger charge is -2.31. The number of carbonyl (C=O) groups excluding carboxylic acids is 1. The van der Waals surface area contributed by atoms with Crippen LogP contribution in [0.4, 0.5) is 0 Å². The number of hydrogen-bond donors (Lipinski definition) is 0.